The fourth-order valence-electron chi connectivity index (χ4n) is 4.29. The molecular formula is C28H24Cl2N4O4. The van der Waals surface area contributed by atoms with E-state index < -0.39 is 12.0 Å². The Bertz CT molecular complexity index is 1500. The van der Waals surface area contributed by atoms with Gasteiger partial charge in [-0.25, -0.2) is 9.48 Å². The molecule has 0 aliphatic carbocycles. The molecule has 194 valence electrons. The van der Waals surface area contributed by atoms with Gasteiger partial charge in [-0.15, -0.1) is 0 Å². The van der Waals surface area contributed by atoms with E-state index in [4.69, 9.17) is 37.4 Å². The topological polar surface area (TPSA) is 87.5 Å². The molecule has 1 aliphatic rings. The van der Waals surface area contributed by atoms with E-state index in [0.717, 1.165) is 16.7 Å². The van der Waals surface area contributed by atoms with Crippen LogP contribution in [0.3, 0.4) is 0 Å². The standard InChI is InChI=1S/C28H24Cl2N4O4/c1-3-37-27(35)24-25(18-7-5-4-6-8-18)33-28-31-16-32-34(28)26(24)19-10-12-22(23(14-19)36-2)38-15-17-9-11-20(29)21(30)13-17/h4-14,16,26H,3,15H2,1-2H3,(H,31,32,33)/t26-/m0/s1. The maximum atomic E-state index is 13.4. The van der Waals surface area contributed by atoms with Crippen LogP contribution in [0.1, 0.15) is 29.7 Å². The van der Waals surface area contributed by atoms with Crippen molar-refractivity contribution in [3.05, 3.63) is 105 Å². The van der Waals surface area contributed by atoms with Gasteiger partial charge in [0.05, 0.1) is 35.0 Å². The van der Waals surface area contributed by atoms with Crippen molar-refractivity contribution in [1.82, 2.24) is 14.8 Å². The molecule has 3 aromatic carbocycles. The summed E-state index contributed by atoms with van der Waals surface area (Å²) in [6.45, 7) is 2.27. The van der Waals surface area contributed by atoms with E-state index in [1.165, 1.54) is 6.33 Å². The van der Waals surface area contributed by atoms with Crippen LogP contribution in [0.2, 0.25) is 10.0 Å². The number of benzene rings is 3. The van der Waals surface area contributed by atoms with Crippen LogP contribution in [0.25, 0.3) is 5.70 Å². The molecule has 0 bridgehead atoms. The van der Waals surface area contributed by atoms with Gasteiger partial charge in [0.25, 0.3) is 0 Å². The highest BCUT2D eigenvalue weighted by molar-refractivity contribution is 6.42. The first kappa shape index (κ1) is 25.6. The largest absolute Gasteiger partial charge is 0.493 e. The van der Waals surface area contributed by atoms with Gasteiger partial charge in [-0.3, -0.25) is 0 Å². The Hall–Kier alpha value is -4.01. The number of aromatic nitrogens is 3. The zero-order valence-corrected chi connectivity index (χ0v) is 22.2. The number of esters is 1. The molecule has 1 atom stereocenters. The fourth-order valence-corrected chi connectivity index (χ4v) is 4.61. The molecule has 0 saturated carbocycles. The van der Waals surface area contributed by atoms with Gasteiger partial charge in [0.15, 0.2) is 11.5 Å². The Morgan fingerprint density at radius 2 is 1.84 bits per heavy atom. The predicted octanol–water partition coefficient (Wildman–Crippen LogP) is 6.16. The number of fused-ring (bicyclic) bond motifs is 1. The second-order valence-electron chi connectivity index (χ2n) is 8.38. The summed E-state index contributed by atoms with van der Waals surface area (Å²) in [5.41, 5.74) is 3.43. The van der Waals surface area contributed by atoms with Crippen molar-refractivity contribution in [2.75, 3.05) is 19.0 Å². The summed E-state index contributed by atoms with van der Waals surface area (Å²) < 4.78 is 18.8. The molecule has 10 heteroatoms. The van der Waals surface area contributed by atoms with Crippen molar-refractivity contribution < 1.29 is 19.0 Å². The molecule has 0 saturated heterocycles. The first-order valence-electron chi connectivity index (χ1n) is 11.9. The van der Waals surface area contributed by atoms with Crippen molar-refractivity contribution in [2.24, 2.45) is 0 Å². The molecule has 1 aromatic heterocycles. The van der Waals surface area contributed by atoms with Crippen LogP contribution in [0.15, 0.2) is 78.6 Å². The summed E-state index contributed by atoms with van der Waals surface area (Å²) in [6.07, 6.45) is 1.44. The van der Waals surface area contributed by atoms with Gasteiger partial charge in [0.2, 0.25) is 5.95 Å². The molecule has 38 heavy (non-hydrogen) atoms. The maximum Gasteiger partial charge on any atom is 0.338 e. The Morgan fingerprint density at radius 1 is 1.03 bits per heavy atom. The number of hydrogen-bond acceptors (Lipinski definition) is 7. The molecule has 4 aromatic rings. The highest BCUT2D eigenvalue weighted by Crippen LogP contribution is 2.41. The van der Waals surface area contributed by atoms with Gasteiger partial charge < -0.3 is 19.5 Å². The second-order valence-corrected chi connectivity index (χ2v) is 9.19. The third kappa shape index (κ3) is 5.05. The SMILES string of the molecule is CCOC(=O)C1=C(c2ccccc2)Nc2ncnn2[C@H]1c1ccc(OCc2ccc(Cl)c(Cl)c2)c(OC)c1. The summed E-state index contributed by atoms with van der Waals surface area (Å²) in [4.78, 5) is 17.7. The lowest BCUT2D eigenvalue weighted by Gasteiger charge is -2.30. The van der Waals surface area contributed by atoms with Gasteiger partial charge in [-0.2, -0.15) is 10.1 Å². The van der Waals surface area contributed by atoms with E-state index in [9.17, 15) is 4.79 Å². The quantitative estimate of drug-likeness (QED) is 0.263. The monoisotopic (exact) mass is 550 g/mol. The molecule has 0 amide bonds. The lowest BCUT2D eigenvalue weighted by Crippen LogP contribution is -2.30. The predicted molar refractivity (Wildman–Crippen MR) is 146 cm³/mol. The minimum Gasteiger partial charge on any atom is -0.493 e. The number of carbonyl (C=O) groups is 1. The number of carbonyl (C=O) groups excluding carboxylic acids is 1. The summed E-state index contributed by atoms with van der Waals surface area (Å²) >= 11 is 12.2. The van der Waals surface area contributed by atoms with Crippen LogP contribution in [-0.4, -0.2) is 34.5 Å². The van der Waals surface area contributed by atoms with Gasteiger partial charge in [0.1, 0.15) is 19.0 Å². The molecule has 0 unspecified atom stereocenters. The van der Waals surface area contributed by atoms with Gasteiger partial charge in [-0.05, 0) is 47.9 Å². The Balaban J connectivity index is 1.56. The van der Waals surface area contributed by atoms with E-state index in [2.05, 4.69) is 15.4 Å². The molecule has 0 fully saturated rings. The summed E-state index contributed by atoms with van der Waals surface area (Å²) in [7, 11) is 1.56. The molecule has 8 nitrogen and oxygen atoms in total. The molecule has 2 heterocycles. The van der Waals surface area contributed by atoms with Crippen LogP contribution in [0.5, 0.6) is 11.5 Å². The lowest BCUT2D eigenvalue weighted by atomic mass is 9.92. The third-order valence-electron chi connectivity index (χ3n) is 6.04. The van der Waals surface area contributed by atoms with Crippen molar-refractivity contribution in [3.8, 4) is 11.5 Å². The number of nitrogens with zero attached hydrogens (tertiary/aromatic N) is 3. The lowest BCUT2D eigenvalue weighted by molar-refractivity contribution is -0.138. The zero-order valence-electron chi connectivity index (χ0n) is 20.7. The van der Waals surface area contributed by atoms with Crippen molar-refractivity contribution >= 4 is 40.8 Å². The molecule has 1 N–H and O–H groups in total. The number of ether oxygens (including phenoxy) is 3. The fraction of sp³-hybridized carbons (Fsp3) is 0.179. The van der Waals surface area contributed by atoms with Crippen molar-refractivity contribution in [1.29, 1.82) is 0 Å². The van der Waals surface area contributed by atoms with Crippen LogP contribution < -0.4 is 14.8 Å². The molecule has 0 radical (unpaired) electrons. The van der Waals surface area contributed by atoms with E-state index in [0.29, 0.717) is 38.8 Å². The summed E-state index contributed by atoms with van der Waals surface area (Å²) in [5, 5.41) is 8.61. The first-order valence-corrected chi connectivity index (χ1v) is 12.6. The minimum absolute atomic E-state index is 0.228. The average molecular weight is 551 g/mol. The molecule has 5 rings (SSSR count). The van der Waals surface area contributed by atoms with Crippen molar-refractivity contribution in [2.45, 2.75) is 19.6 Å². The van der Waals surface area contributed by atoms with E-state index in [1.54, 1.807) is 36.9 Å². The Labute approximate surface area is 229 Å². The van der Waals surface area contributed by atoms with Crippen LogP contribution in [-0.2, 0) is 16.1 Å². The molecule has 1 aliphatic heterocycles. The Kier molecular flexibility index (Phi) is 7.53. The van der Waals surface area contributed by atoms with E-state index >= 15 is 0 Å². The Morgan fingerprint density at radius 3 is 2.58 bits per heavy atom. The van der Waals surface area contributed by atoms with Crippen LogP contribution in [0, 0.1) is 0 Å². The first-order chi connectivity index (χ1) is 18.5. The number of anilines is 1. The average Bonchev–Trinajstić information content (AvgIpc) is 3.42. The molecular weight excluding hydrogens is 527 g/mol. The van der Waals surface area contributed by atoms with Gasteiger partial charge >= 0.3 is 5.97 Å². The zero-order chi connectivity index (χ0) is 26.6. The molecule has 0 spiro atoms. The van der Waals surface area contributed by atoms with Crippen LogP contribution >= 0.6 is 23.2 Å². The second kappa shape index (κ2) is 11.2. The summed E-state index contributed by atoms with van der Waals surface area (Å²) in [5.74, 6) is 1.07. The minimum atomic E-state index is -0.624. The van der Waals surface area contributed by atoms with E-state index in [-0.39, 0.29) is 13.2 Å². The van der Waals surface area contributed by atoms with Gasteiger partial charge in [0, 0.05) is 0 Å². The highest BCUT2D eigenvalue weighted by Gasteiger charge is 2.36. The maximum absolute atomic E-state index is 13.4. The number of rotatable bonds is 8. The number of methoxy groups -OCH3 is 1. The van der Waals surface area contributed by atoms with Crippen LogP contribution in [0.4, 0.5) is 5.95 Å². The van der Waals surface area contributed by atoms with Crippen molar-refractivity contribution in [3.63, 3.8) is 0 Å². The third-order valence-corrected chi connectivity index (χ3v) is 6.78. The number of nitrogens with one attached hydrogen (secondary N) is 1. The number of hydrogen-bond donors (Lipinski definition) is 1. The summed E-state index contributed by atoms with van der Waals surface area (Å²) in [6, 6.07) is 19.8. The van der Waals surface area contributed by atoms with Gasteiger partial charge in [-0.1, -0.05) is 65.7 Å². The van der Waals surface area contributed by atoms with E-state index in [1.807, 2.05) is 48.5 Å². The normalized spacial score (nSPS) is 14.5. The number of halogens is 2. The smallest absolute Gasteiger partial charge is 0.338 e. The highest BCUT2D eigenvalue weighted by atomic mass is 35.5.